The van der Waals surface area contributed by atoms with Crippen molar-refractivity contribution in [1.29, 1.82) is 0 Å². The fraction of sp³-hybridized carbons (Fsp3) is 0.444. The molecule has 2 aromatic rings. The third-order valence-corrected chi connectivity index (χ3v) is 6.12. The van der Waals surface area contributed by atoms with E-state index in [0.717, 1.165) is 43.0 Å². The van der Waals surface area contributed by atoms with Gasteiger partial charge in [-0.05, 0) is 55.9 Å². The maximum atomic E-state index is 12.5. The van der Waals surface area contributed by atoms with Crippen LogP contribution in [0.3, 0.4) is 0 Å². The van der Waals surface area contributed by atoms with Crippen molar-refractivity contribution in [2.75, 3.05) is 22.7 Å². The SMILES string of the molecule is Cc1ccc(S(=O)(=O)Nc2cnc(N3CCC(C)CC3)nc2)cc1C. The Morgan fingerprint density at radius 3 is 2.32 bits per heavy atom. The molecule has 0 saturated carbocycles. The Morgan fingerprint density at radius 1 is 1.08 bits per heavy atom. The molecular formula is C18H24N4O2S. The van der Waals surface area contributed by atoms with Crippen molar-refractivity contribution in [2.45, 2.75) is 38.5 Å². The zero-order valence-corrected chi connectivity index (χ0v) is 15.7. The number of hydrogen-bond acceptors (Lipinski definition) is 5. The third-order valence-electron chi connectivity index (χ3n) is 4.75. The molecule has 1 N–H and O–H groups in total. The standard InChI is InChI=1S/C18H24N4O2S/c1-13-6-8-22(9-7-13)18-19-11-16(12-20-18)21-25(23,24)17-5-4-14(2)15(3)10-17/h4-5,10-13,21H,6-9H2,1-3H3. The number of aryl methyl sites for hydroxylation is 2. The summed E-state index contributed by atoms with van der Waals surface area (Å²) >= 11 is 0. The number of rotatable bonds is 4. The molecule has 0 spiro atoms. The van der Waals surface area contributed by atoms with E-state index in [1.54, 1.807) is 18.2 Å². The van der Waals surface area contributed by atoms with Crippen LogP contribution >= 0.6 is 0 Å². The number of nitrogens with one attached hydrogen (secondary N) is 1. The molecule has 7 heteroatoms. The minimum absolute atomic E-state index is 0.240. The summed E-state index contributed by atoms with van der Waals surface area (Å²) in [5.74, 6) is 1.39. The average molecular weight is 360 g/mol. The lowest BCUT2D eigenvalue weighted by molar-refractivity contribution is 0.434. The average Bonchev–Trinajstić information content (AvgIpc) is 2.58. The van der Waals surface area contributed by atoms with Crippen molar-refractivity contribution in [3.63, 3.8) is 0 Å². The van der Waals surface area contributed by atoms with Gasteiger partial charge in [-0.25, -0.2) is 18.4 Å². The van der Waals surface area contributed by atoms with Gasteiger partial charge < -0.3 is 4.90 Å². The van der Waals surface area contributed by atoms with Crippen LogP contribution in [-0.4, -0.2) is 31.5 Å². The van der Waals surface area contributed by atoms with Gasteiger partial charge in [-0.1, -0.05) is 13.0 Å². The zero-order chi connectivity index (χ0) is 18.0. The Balaban J connectivity index is 1.73. The predicted molar refractivity (Wildman–Crippen MR) is 99.4 cm³/mol. The molecule has 1 aromatic carbocycles. The highest BCUT2D eigenvalue weighted by Crippen LogP contribution is 2.22. The highest BCUT2D eigenvalue weighted by Gasteiger charge is 2.19. The van der Waals surface area contributed by atoms with Gasteiger partial charge in [-0.2, -0.15) is 0 Å². The van der Waals surface area contributed by atoms with E-state index in [0.29, 0.717) is 11.6 Å². The van der Waals surface area contributed by atoms with Gasteiger partial charge in [0.1, 0.15) is 0 Å². The van der Waals surface area contributed by atoms with E-state index in [1.807, 2.05) is 13.8 Å². The summed E-state index contributed by atoms with van der Waals surface area (Å²) in [6, 6.07) is 5.08. The maximum Gasteiger partial charge on any atom is 0.262 e. The second kappa shape index (κ2) is 7.00. The van der Waals surface area contributed by atoms with Crippen molar-refractivity contribution in [2.24, 2.45) is 5.92 Å². The molecule has 3 rings (SSSR count). The van der Waals surface area contributed by atoms with Crippen molar-refractivity contribution in [3.05, 3.63) is 41.7 Å². The molecule has 0 atom stereocenters. The van der Waals surface area contributed by atoms with Gasteiger partial charge in [0.05, 0.1) is 23.0 Å². The van der Waals surface area contributed by atoms with E-state index < -0.39 is 10.0 Å². The summed E-state index contributed by atoms with van der Waals surface area (Å²) in [5.41, 5.74) is 2.36. The summed E-state index contributed by atoms with van der Waals surface area (Å²) in [4.78, 5) is 11.0. The van der Waals surface area contributed by atoms with E-state index in [9.17, 15) is 8.42 Å². The Kier molecular flexibility index (Phi) is 4.94. The number of aromatic nitrogens is 2. The highest BCUT2D eigenvalue weighted by atomic mass is 32.2. The van der Waals surface area contributed by atoms with E-state index >= 15 is 0 Å². The van der Waals surface area contributed by atoms with Crippen LogP contribution in [0.15, 0.2) is 35.5 Å². The molecule has 134 valence electrons. The number of anilines is 2. The molecule has 25 heavy (non-hydrogen) atoms. The van der Waals surface area contributed by atoms with Gasteiger partial charge in [0.15, 0.2) is 0 Å². The number of hydrogen-bond donors (Lipinski definition) is 1. The fourth-order valence-electron chi connectivity index (χ4n) is 2.84. The van der Waals surface area contributed by atoms with E-state index in [1.165, 1.54) is 12.4 Å². The van der Waals surface area contributed by atoms with Crippen LogP contribution < -0.4 is 9.62 Å². The number of piperidine rings is 1. The van der Waals surface area contributed by atoms with Gasteiger partial charge in [-0.15, -0.1) is 0 Å². The maximum absolute atomic E-state index is 12.5. The van der Waals surface area contributed by atoms with Crippen molar-refractivity contribution < 1.29 is 8.42 Å². The van der Waals surface area contributed by atoms with Gasteiger partial charge in [0.2, 0.25) is 5.95 Å². The third kappa shape index (κ3) is 4.10. The molecule has 1 saturated heterocycles. The molecule has 0 amide bonds. The predicted octanol–water partition coefficient (Wildman–Crippen LogP) is 3.13. The molecular weight excluding hydrogens is 336 g/mol. The van der Waals surface area contributed by atoms with Crippen LogP contribution in [-0.2, 0) is 10.0 Å². The number of sulfonamides is 1. The molecule has 1 aliphatic rings. The minimum Gasteiger partial charge on any atom is -0.341 e. The number of benzene rings is 1. The zero-order valence-electron chi connectivity index (χ0n) is 14.9. The second-order valence-corrected chi connectivity index (χ2v) is 8.48. The molecule has 1 aliphatic heterocycles. The first-order chi connectivity index (χ1) is 11.8. The minimum atomic E-state index is -3.64. The van der Waals surface area contributed by atoms with Crippen LogP contribution in [0, 0.1) is 19.8 Å². The topological polar surface area (TPSA) is 75.2 Å². The summed E-state index contributed by atoms with van der Waals surface area (Å²) in [6.07, 6.45) is 5.31. The highest BCUT2D eigenvalue weighted by molar-refractivity contribution is 7.92. The molecule has 0 unspecified atom stereocenters. The lowest BCUT2D eigenvalue weighted by atomic mass is 10.00. The van der Waals surface area contributed by atoms with E-state index in [2.05, 4.69) is 26.5 Å². The van der Waals surface area contributed by atoms with Crippen LogP contribution in [0.1, 0.15) is 30.9 Å². The lowest BCUT2D eigenvalue weighted by Gasteiger charge is -2.30. The normalized spacial score (nSPS) is 16.0. The van der Waals surface area contributed by atoms with Gasteiger partial charge >= 0.3 is 0 Å². The van der Waals surface area contributed by atoms with Crippen LogP contribution in [0.2, 0.25) is 0 Å². The molecule has 6 nitrogen and oxygen atoms in total. The number of nitrogens with zero attached hydrogens (tertiary/aromatic N) is 3. The van der Waals surface area contributed by atoms with Crippen LogP contribution in [0.25, 0.3) is 0 Å². The molecule has 1 aromatic heterocycles. The summed E-state index contributed by atoms with van der Waals surface area (Å²) < 4.78 is 27.6. The van der Waals surface area contributed by atoms with Crippen molar-refractivity contribution in [3.8, 4) is 0 Å². The van der Waals surface area contributed by atoms with Crippen molar-refractivity contribution in [1.82, 2.24) is 9.97 Å². The first-order valence-electron chi connectivity index (χ1n) is 8.52. The van der Waals surface area contributed by atoms with Gasteiger partial charge in [0, 0.05) is 13.1 Å². The summed E-state index contributed by atoms with van der Waals surface area (Å²) in [6.45, 7) is 7.98. The van der Waals surface area contributed by atoms with E-state index in [4.69, 9.17) is 0 Å². The Labute approximate surface area is 149 Å². The summed E-state index contributed by atoms with van der Waals surface area (Å²) in [7, 11) is -3.64. The molecule has 0 radical (unpaired) electrons. The molecule has 0 bridgehead atoms. The first-order valence-corrected chi connectivity index (χ1v) is 10.0. The summed E-state index contributed by atoms with van der Waals surface area (Å²) in [5, 5.41) is 0. The van der Waals surface area contributed by atoms with Gasteiger partial charge in [0.25, 0.3) is 10.0 Å². The van der Waals surface area contributed by atoms with Crippen LogP contribution in [0.5, 0.6) is 0 Å². The lowest BCUT2D eigenvalue weighted by Crippen LogP contribution is -2.34. The van der Waals surface area contributed by atoms with Crippen LogP contribution in [0.4, 0.5) is 11.6 Å². The van der Waals surface area contributed by atoms with Crippen molar-refractivity contribution >= 4 is 21.7 Å². The fourth-order valence-corrected chi connectivity index (χ4v) is 3.95. The first kappa shape index (κ1) is 17.7. The monoisotopic (exact) mass is 360 g/mol. The van der Waals surface area contributed by atoms with E-state index in [-0.39, 0.29) is 4.90 Å². The Hall–Kier alpha value is -2.15. The van der Waals surface area contributed by atoms with Gasteiger partial charge in [-0.3, -0.25) is 4.72 Å². The molecule has 0 aliphatic carbocycles. The molecule has 2 heterocycles. The largest absolute Gasteiger partial charge is 0.341 e. The second-order valence-electron chi connectivity index (χ2n) is 6.79. The smallest absolute Gasteiger partial charge is 0.262 e. The quantitative estimate of drug-likeness (QED) is 0.907. The molecule has 1 fully saturated rings. The Morgan fingerprint density at radius 2 is 1.72 bits per heavy atom. The Bertz CT molecular complexity index is 842.